The number of para-hydroxylation sites is 1. The Hall–Kier alpha value is -1.59. The van der Waals surface area contributed by atoms with Gasteiger partial charge in [0, 0.05) is 32.4 Å². The molecule has 0 saturated carbocycles. The van der Waals surface area contributed by atoms with Gasteiger partial charge < -0.3 is 19.9 Å². The number of amides is 1. The van der Waals surface area contributed by atoms with Crippen molar-refractivity contribution in [2.45, 2.75) is 31.8 Å². The maximum atomic E-state index is 12.6. The quantitative estimate of drug-likeness (QED) is 0.917. The van der Waals surface area contributed by atoms with Gasteiger partial charge in [0.2, 0.25) is 5.91 Å². The van der Waals surface area contributed by atoms with Gasteiger partial charge in [0.15, 0.2) is 0 Å². The molecule has 2 fully saturated rings. The summed E-state index contributed by atoms with van der Waals surface area (Å²) in [6.45, 7) is 4.99. The van der Waals surface area contributed by atoms with Crippen molar-refractivity contribution in [3.8, 4) is 0 Å². The summed E-state index contributed by atoms with van der Waals surface area (Å²) < 4.78 is 5.45. The standard InChI is InChI=1S/C18H27N3O2/c1-20(18(22)16-7-4-5-9-19-16)14-15-6-2-3-8-17(15)21-10-12-23-13-11-21/h2-3,6,8,16,19H,4-5,7,9-14H2,1H3. The zero-order valence-electron chi connectivity index (χ0n) is 14.0. The van der Waals surface area contributed by atoms with E-state index in [0.717, 1.165) is 45.7 Å². The van der Waals surface area contributed by atoms with Crippen molar-refractivity contribution in [2.24, 2.45) is 0 Å². The summed E-state index contributed by atoms with van der Waals surface area (Å²) in [6.07, 6.45) is 3.27. The molecule has 0 aromatic heterocycles. The second kappa shape index (κ2) is 7.79. The summed E-state index contributed by atoms with van der Waals surface area (Å²) in [7, 11) is 1.91. The van der Waals surface area contributed by atoms with Crippen LogP contribution >= 0.6 is 0 Å². The number of carbonyl (C=O) groups is 1. The molecule has 1 amide bonds. The second-order valence-corrected chi connectivity index (χ2v) is 6.42. The molecule has 3 rings (SSSR count). The lowest BCUT2D eigenvalue weighted by atomic mass is 10.0. The number of benzene rings is 1. The van der Waals surface area contributed by atoms with Crippen LogP contribution in [0, 0.1) is 0 Å². The van der Waals surface area contributed by atoms with E-state index >= 15 is 0 Å². The van der Waals surface area contributed by atoms with E-state index in [2.05, 4.69) is 34.5 Å². The van der Waals surface area contributed by atoms with Gasteiger partial charge in [0.25, 0.3) is 0 Å². The number of hydrogen-bond donors (Lipinski definition) is 1. The molecule has 0 bridgehead atoms. The first-order chi connectivity index (χ1) is 11.3. The van der Waals surface area contributed by atoms with Gasteiger partial charge in [-0.15, -0.1) is 0 Å². The summed E-state index contributed by atoms with van der Waals surface area (Å²) in [5.74, 6) is 0.210. The van der Waals surface area contributed by atoms with Gasteiger partial charge in [-0.1, -0.05) is 24.6 Å². The molecule has 2 aliphatic rings. The molecule has 5 heteroatoms. The number of ether oxygens (including phenoxy) is 1. The molecule has 5 nitrogen and oxygen atoms in total. The number of likely N-dealkylation sites (N-methyl/N-ethyl adjacent to an activating group) is 1. The van der Waals surface area contributed by atoms with Gasteiger partial charge in [0.05, 0.1) is 19.3 Å². The van der Waals surface area contributed by atoms with Gasteiger partial charge in [-0.3, -0.25) is 4.79 Å². The van der Waals surface area contributed by atoms with E-state index in [9.17, 15) is 4.79 Å². The summed E-state index contributed by atoms with van der Waals surface area (Å²) in [6, 6.07) is 8.39. The normalized spacial score (nSPS) is 22.0. The summed E-state index contributed by atoms with van der Waals surface area (Å²) in [5.41, 5.74) is 2.44. The fourth-order valence-corrected chi connectivity index (χ4v) is 3.42. The predicted octanol–water partition coefficient (Wildman–Crippen LogP) is 1.62. The van der Waals surface area contributed by atoms with Gasteiger partial charge in [-0.2, -0.15) is 0 Å². The summed E-state index contributed by atoms with van der Waals surface area (Å²) in [4.78, 5) is 16.8. The lowest BCUT2D eigenvalue weighted by molar-refractivity contribution is -0.133. The Morgan fingerprint density at radius 2 is 2.09 bits per heavy atom. The van der Waals surface area contributed by atoms with Crippen LogP contribution in [0.25, 0.3) is 0 Å². The van der Waals surface area contributed by atoms with Crippen LogP contribution in [0.2, 0.25) is 0 Å². The molecule has 0 aliphatic carbocycles. The minimum Gasteiger partial charge on any atom is -0.378 e. The maximum Gasteiger partial charge on any atom is 0.239 e. The second-order valence-electron chi connectivity index (χ2n) is 6.42. The van der Waals surface area contributed by atoms with E-state index in [1.165, 1.54) is 17.7 Å². The first-order valence-corrected chi connectivity index (χ1v) is 8.64. The zero-order valence-corrected chi connectivity index (χ0v) is 14.0. The van der Waals surface area contributed by atoms with Crippen molar-refractivity contribution in [1.29, 1.82) is 0 Å². The third-order valence-electron chi connectivity index (χ3n) is 4.74. The highest BCUT2D eigenvalue weighted by atomic mass is 16.5. The fourth-order valence-electron chi connectivity index (χ4n) is 3.42. The van der Waals surface area contributed by atoms with Gasteiger partial charge in [-0.05, 0) is 31.0 Å². The first kappa shape index (κ1) is 16.3. The van der Waals surface area contributed by atoms with Crippen LogP contribution in [0.4, 0.5) is 5.69 Å². The Labute approximate surface area is 138 Å². The zero-order chi connectivity index (χ0) is 16.1. The number of nitrogens with zero attached hydrogens (tertiary/aromatic N) is 2. The van der Waals surface area contributed by atoms with E-state index < -0.39 is 0 Å². The van der Waals surface area contributed by atoms with E-state index in [0.29, 0.717) is 6.54 Å². The molecular formula is C18H27N3O2. The number of piperidine rings is 1. The van der Waals surface area contributed by atoms with E-state index in [1.54, 1.807) is 0 Å². The Morgan fingerprint density at radius 3 is 2.83 bits per heavy atom. The molecule has 2 heterocycles. The Balaban J connectivity index is 1.67. The highest BCUT2D eigenvalue weighted by molar-refractivity contribution is 5.82. The molecule has 1 aromatic rings. The van der Waals surface area contributed by atoms with Gasteiger partial charge in [-0.25, -0.2) is 0 Å². The van der Waals surface area contributed by atoms with Crippen LogP contribution in [0.3, 0.4) is 0 Å². The number of morpholine rings is 1. The number of nitrogens with one attached hydrogen (secondary N) is 1. The highest BCUT2D eigenvalue weighted by Gasteiger charge is 2.24. The Morgan fingerprint density at radius 1 is 1.30 bits per heavy atom. The lowest BCUT2D eigenvalue weighted by Crippen LogP contribution is -2.47. The van der Waals surface area contributed by atoms with Crippen LogP contribution < -0.4 is 10.2 Å². The highest BCUT2D eigenvalue weighted by Crippen LogP contribution is 2.23. The molecule has 2 saturated heterocycles. The molecule has 0 radical (unpaired) electrons. The maximum absolute atomic E-state index is 12.6. The monoisotopic (exact) mass is 317 g/mol. The largest absolute Gasteiger partial charge is 0.378 e. The molecule has 1 aromatic carbocycles. The molecule has 1 unspecified atom stereocenters. The van der Waals surface area contributed by atoms with Crippen LogP contribution in [0.15, 0.2) is 24.3 Å². The molecule has 23 heavy (non-hydrogen) atoms. The minimum atomic E-state index is -0.00991. The van der Waals surface area contributed by atoms with Crippen molar-refractivity contribution < 1.29 is 9.53 Å². The van der Waals surface area contributed by atoms with Crippen molar-refractivity contribution in [1.82, 2.24) is 10.2 Å². The summed E-state index contributed by atoms with van der Waals surface area (Å²) >= 11 is 0. The van der Waals surface area contributed by atoms with Gasteiger partial charge >= 0.3 is 0 Å². The third-order valence-corrected chi connectivity index (χ3v) is 4.74. The van der Waals surface area contributed by atoms with Crippen LogP contribution in [-0.4, -0.2) is 56.7 Å². The lowest BCUT2D eigenvalue weighted by Gasteiger charge is -2.32. The van der Waals surface area contributed by atoms with E-state index in [1.807, 2.05) is 11.9 Å². The topological polar surface area (TPSA) is 44.8 Å². The summed E-state index contributed by atoms with van der Waals surface area (Å²) in [5, 5.41) is 3.35. The fraction of sp³-hybridized carbons (Fsp3) is 0.611. The SMILES string of the molecule is CN(Cc1ccccc1N1CCOCC1)C(=O)C1CCCCN1. The first-order valence-electron chi connectivity index (χ1n) is 8.64. The average molecular weight is 317 g/mol. The molecule has 2 aliphatic heterocycles. The number of anilines is 1. The van der Waals surface area contributed by atoms with E-state index in [-0.39, 0.29) is 11.9 Å². The molecule has 126 valence electrons. The van der Waals surface area contributed by atoms with Crippen LogP contribution in [0.1, 0.15) is 24.8 Å². The van der Waals surface area contributed by atoms with Crippen LogP contribution in [-0.2, 0) is 16.1 Å². The van der Waals surface area contributed by atoms with Crippen molar-refractivity contribution in [3.63, 3.8) is 0 Å². The van der Waals surface area contributed by atoms with Crippen molar-refractivity contribution in [2.75, 3.05) is 44.8 Å². The smallest absolute Gasteiger partial charge is 0.239 e. The molecule has 1 atom stereocenters. The number of carbonyl (C=O) groups excluding carboxylic acids is 1. The Bertz CT molecular complexity index is 523. The Kier molecular flexibility index (Phi) is 5.51. The number of hydrogen-bond acceptors (Lipinski definition) is 4. The number of rotatable bonds is 4. The van der Waals surface area contributed by atoms with Crippen molar-refractivity contribution >= 4 is 11.6 Å². The molecular weight excluding hydrogens is 290 g/mol. The predicted molar refractivity (Wildman–Crippen MR) is 91.6 cm³/mol. The van der Waals surface area contributed by atoms with Gasteiger partial charge in [0.1, 0.15) is 0 Å². The van der Waals surface area contributed by atoms with Crippen molar-refractivity contribution in [3.05, 3.63) is 29.8 Å². The van der Waals surface area contributed by atoms with Crippen LogP contribution in [0.5, 0.6) is 0 Å². The van der Waals surface area contributed by atoms with E-state index in [4.69, 9.17) is 4.74 Å². The average Bonchev–Trinajstić information content (AvgIpc) is 2.63. The minimum absolute atomic E-state index is 0.00991. The molecule has 0 spiro atoms. The molecule has 1 N–H and O–H groups in total. The third kappa shape index (κ3) is 4.03.